The van der Waals surface area contributed by atoms with Crippen molar-refractivity contribution < 1.29 is 9.53 Å². The summed E-state index contributed by atoms with van der Waals surface area (Å²) in [5, 5.41) is 10.7. The third-order valence-electron chi connectivity index (χ3n) is 2.71. The minimum atomic E-state index is -0.229. The molecule has 1 rings (SSSR count). The molecule has 6 heteroatoms. The zero-order valence-corrected chi connectivity index (χ0v) is 11.8. The minimum absolute atomic E-state index is 0.229. The highest BCUT2D eigenvalue weighted by atomic mass is 16.5. The van der Waals surface area contributed by atoms with Gasteiger partial charge in [0, 0.05) is 27.2 Å². The van der Waals surface area contributed by atoms with Gasteiger partial charge in [0.05, 0.1) is 6.61 Å². The van der Waals surface area contributed by atoms with Gasteiger partial charge in [-0.1, -0.05) is 13.3 Å². The zero-order chi connectivity index (χ0) is 14.1. The van der Waals surface area contributed by atoms with Crippen molar-refractivity contribution in [2.24, 2.45) is 0 Å². The normalized spacial score (nSPS) is 10.3. The fraction of sp³-hybridized carbons (Fsp3) is 0.615. The maximum Gasteiger partial charge on any atom is 0.271 e. The van der Waals surface area contributed by atoms with Crippen LogP contribution < -0.4 is 10.2 Å². The van der Waals surface area contributed by atoms with Crippen molar-refractivity contribution >= 4 is 11.7 Å². The summed E-state index contributed by atoms with van der Waals surface area (Å²) in [6, 6.07) is 3.50. The van der Waals surface area contributed by atoms with Crippen LogP contribution in [0.3, 0.4) is 0 Å². The van der Waals surface area contributed by atoms with Crippen LogP contribution in [0.4, 0.5) is 5.82 Å². The number of carbonyl (C=O) groups excluding carboxylic acids is 1. The molecule has 0 atom stereocenters. The number of hydrogen-bond acceptors (Lipinski definition) is 5. The molecule has 0 saturated carbocycles. The summed E-state index contributed by atoms with van der Waals surface area (Å²) in [5.74, 6) is 0.550. The first-order chi connectivity index (χ1) is 9.19. The Labute approximate surface area is 114 Å². The van der Waals surface area contributed by atoms with Gasteiger partial charge < -0.3 is 15.0 Å². The number of nitrogens with one attached hydrogen (secondary N) is 1. The second-order valence-corrected chi connectivity index (χ2v) is 4.30. The Morgan fingerprint density at radius 1 is 1.42 bits per heavy atom. The number of nitrogens with zero attached hydrogens (tertiary/aromatic N) is 3. The quantitative estimate of drug-likeness (QED) is 0.713. The lowest BCUT2D eigenvalue weighted by Gasteiger charge is -2.16. The van der Waals surface area contributed by atoms with E-state index in [9.17, 15) is 4.79 Å². The number of unbranched alkanes of at least 4 members (excludes halogenated alkanes) is 1. The molecule has 0 saturated heterocycles. The van der Waals surface area contributed by atoms with Gasteiger partial charge in [-0.3, -0.25) is 4.79 Å². The molecule has 0 aliphatic heterocycles. The molecule has 19 heavy (non-hydrogen) atoms. The van der Waals surface area contributed by atoms with E-state index in [-0.39, 0.29) is 5.91 Å². The first kappa shape index (κ1) is 15.4. The summed E-state index contributed by atoms with van der Waals surface area (Å²) in [5.41, 5.74) is 0.323. The maximum atomic E-state index is 11.7. The Morgan fingerprint density at radius 2 is 2.21 bits per heavy atom. The maximum absolute atomic E-state index is 11.7. The first-order valence-corrected chi connectivity index (χ1v) is 6.51. The summed E-state index contributed by atoms with van der Waals surface area (Å²) in [6.07, 6.45) is 2.25. The molecular weight excluding hydrogens is 244 g/mol. The van der Waals surface area contributed by atoms with E-state index in [1.165, 1.54) is 0 Å². The van der Waals surface area contributed by atoms with E-state index in [1.54, 1.807) is 13.2 Å². The molecule has 1 aromatic heterocycles. The molecule has 1 amide bonds. The number of anilines is 1. The van der Waals surface area contributed by atoms with E-state index in [0.717, 1.165) is 25.2 Å². The summed E-state index contributed by atoms with van der Waals surface area (Å²) in [7, 11) is 3.56. The fourth-order valence-electron chi connectivity index (χ4n) is 1.52. The van der Waals surface area contributed by atoms with Crippen molar-refractivity contribution in [1.82, 2.24) is 15.5 Å². The van der Waals surface area contributed by atoms with Crippen molar-refractivity contribution in [3.63, 3.8) is 0 Å². The Balaban J connectivity index is 2.53. The summed E-state index contributed by atoms with van der Waals surface area (Å²) >= 11 is 0. The average molecular weight is 266 g/mol. The van der Waals surface area contributed by atoms with Crippen molar-refractivity contribution in [2.45, 2.75) is 19.8 Å². The van der Waals surface area contributed by atoms with Crippen molar-refractivity contribution in [2.75, 3.05) is 38.8 Å². The van der Waals surface area contributed by atoms with Gasteiger partial charge in [0.25, 0.3) is 5.91 Å². The van der Waals surface area contributed by atoms with Gasteiger partial charge in [0.2, 0.25) is 0 Å². The third-order valence-corrected chi connectivity index (χ3v) is 2.71. The topological polar surface area (TPSA) is 67.4 Å². The average Bonchev–Trinajstić information content (AvgIpc) is 2.45. The highest BCUT2D eigenvalue weighted by Crippen LogP contribution is 2.08. The van der Waals surface area contributed by atoms with Crippen LogP contribution in [0.2, 0.25) is 0 Å². The number of carbonyl (C=O) groups is 1. The number of amides is 1. The molecule has 1 heterocycles. The number of methoxy groups -OCH3 is 1. The molecular formula is C13H22N4O2. The molecule has 0 radical (unpaired) electrons. The van der Waals surface area contributed by atoms with Crippen molar-refractivity contribution in [1.29, 1.82) is 0 Å². The SMILES string of the molecule is CCCCN(C)c1ccc(C(=O)NCCOC)nn1. The van der Waals surface area contributed by atoms with Crippen LogP contribution in [0, 0.1) is 0 Å². The molecule has 0 unspecified atom stereocenters. The van der Waals surface area contributed by atoms with E-state index in [4.69, 9.17) is 4.74 Å². The lowest BCUT2D eigenvalue weighted by Crippen LogP contribution is -2.28. The van der Waals surface area contributed by atoms with Crippen LogP contribution in [0.5, 0.6) is 0 Å². The van der Waals surface area contributed by atoms with E-state index < -0.39 is 0 Å². The monoisotopic (exact) mass is 266 g/mol. The lowest BCUT2D eigenvalue weighted by molar-refractivity contribution is 0.0931. The second-order valence-electron chi connectivity index (χ2n) is 4.30. The molecule has 0 spiro atoms. The van der Waals surface area contributed by atoms with Crippen LogP contribution >= 0.6 is 0 Å². The van der Waals surface area contributed by atoms with Gasteiger partial charge in [0.15, 0.2) is 11.5 Å². The zero-order valence-electron chi connectivity index (χ0n) is 11.8. The number of aromatic nitrogens is 2. The summed E-state index contributed by atoms with van der Waals surface area (Å²) in [6.45, 7) is 4.03. The van der Waals surface area contributed by atoms with Crippen LogP contribution in [0.15, 0.2) is 12.1 Å². The molecule has 6 nitrogen and oxygen atoms in total. The predicted octanol–water partition coefficient (Wildman–Crippen LogP) is 1.09. The largest absolute Gasteiger partial charge is 0.383 e. The number of ether oxygens (including phenoxy) is 1. The van der Waals surface area contributed by atoms with E-state index in [2.05, 4.69) is 22.4 Å². The van der Waals surface area contributed by atoms with E-state index >= 15 is 0 Å². The summed E-state index contributed by atoms with van der Waals surface area (Å²) in [4.78, 5) is 13.7. The number of rotatable bonds is 8. The highest BCUT2D eigenvalue weighted by Gasteiger charge is 2.08. The van der Waals surface area contributed by atoms with Crippen LogP contribution in [0.25, 0.3) is 0 Å². The van der Waals surface area contributed by atoms with Gasteiger partial charge in [-0.15, -0.1) is 10.2 Å². The second kappa shape index (κ2) is 8.42. The van der Waals surface area contributed by atoms with E-state index in [1.807, 2.05) is 18.0 Å². The molecule has 106 valence electrons. The van der Waals surface area contributed by atoms with Gasteiger partial charge in [0.1, 0.15) is 0 Å². The Hall–Kier alpha value is -1.69. The van der Waals surface area contributed by atoms with E-state index in [0.29, 0.717) is 18.8 Å². The molecule has 0 aliphatic rings. The molecule has 0 bridgehead atoms. The Kier molecular flexibility index (Phi) is 6.81. The molecule has 0 fully saturated rings. The van der Waals surface area contributed by atoms with Crippen LogP contribution in [-0.4, -0.2) is 50.0 Å². The van der Waals surface area contributed by atoms with Crippen LogP contribution in [-0.2, 0) is 4.74 Å². The van der Waals surface area contributed by atoms with Crippen molar-refractivity contribution in [3.05, 3.63) is 17.8 Å². The minimum Gasteiger partial charge on any atom is -0.383 e. The standard InChI is InChI=1S/C13H22N4O2/c1-4-5-9-17(2)12-7-6-11(15-16-12)13(18)14-8-10-19-3/h6-7H,4-5,8-10H2,1-3H3,(H,14,18). The van der Waals surface area contributed by atoms with Crippen molar-refractivity contribution in [3.8, 4) is 0 Å². The van der Waals surface area contributed by atoms with Crippen LogP contribution in [0.1, 0.15) is 30.3 Å². The Bertz CT molecular complexity index is 381. The molecule has 0 aromatic carbocycles. The Morgan fingerprint density at radius 3 is 2.79 bits per heavy atom. The molecule has 1 aromatic rings. The first-order valence-electron chi connectivity index (χ1n) is 6.51. The predicted molar refractivity (Wildman–Crippen MR) is 74.4 cm³/mol. The summed E-state index contributed by atoms with van der Waals surface area (Å²) < 4.78 is 4.86. The molecule has 1 N–H and O–H groups in total. The van der Waals surface area contributed by atoms with Gasteiger partial charge >= 0.3 is 0 Å². The smallest absolute Gasteiger partial charge is 0.271 e. The highest BCUT2D eigenvalue weighted by molar-refractivity contribution is 5.92. The third kappa shape index (κ3) is 5.21. The number of hydrogen-bond donors (Lipinski definition) is 1. The molecule has 0 aliphatic carbocycles. The van der Waals surface area contributed by atoms with Gasteiger partial charge in [-0.2, -0.15) is 0 Å². The fourth-order valence-corrected chi connectivity index (χ4v) is 1.52. The van der Waals surface area contributed by atoms with Gasteiger partial charge in [-0.05, 0) is 18.6 Å². The lowest BCUT2D eigenvalue weighted by atomic mass is 10.3. The van der Waals surface area contributed by atoms with Gasteiger partial charge in [-0.25, -0.2) is 0 Å².